The monoisotopic (exact) mass is 463 g/mol. The second-order valence-electron chi connectivity index (χ2n) is 6.70. The molecule has 3 heterocycles. The first kappa shape index (κ1) is 21.1. The van der Waals surface area contributed by atoms with Gasteiger partial charge in [-0.05, 0) is 56.3 Å². The normalized spacial score (nSPS) is 11.9. The number of anilines is 1. The molecule has 0 saturated carbocycles. The predicted octanol–water partition coefficient (Wildman–Crippen LogP) is 4.82. The Bertz CT molecular complexity index is 1390. The summed E-state index contributed by atoms with van der Waals surface area (Å²) in [6.07, 6.45) is 0. The van der Waals surface area contributed by atoms with Gasteiger partial charge in [0.25, 0.3) is 11.6 Å². The van der Waals surface area contributed by atoms with Crippen molar-refractivity contribution in [2.45, 2.75) is 24.5 Å². The molecule has 1 aromatic carbocycles. The van der Waals surface area contributed by atoms with E-state index in [1.807, 2.05) is 19.1 Å². The summed E-state index contributed by atoms with van der Waals surface area (Å²) in [5, 5.41) is 6.98. The summed E-state index contributed by atoms with van der Waals surface area (Å²) >= 11 is 1.51. The van der Waals surface area contributed by atoms with Crippen LogP contribution in [-0.4, -0.2) is 30.2 Å². The molecule has 4 aromatic rings. The van der Waals surface area contributed by atoms with Crippen LogP contribution in [0.25, 0.3) is 21.7 Å². The molecule has 4 rings (SSSR count). The van der Waals surface area contributed by atoms with E-state index in [9.17, 15) is 22.0 Å². The van der Waals surface area contributed by atoms with E-state index >= 15 is 0 Å². The number of rotatable bonds is 5. The van der Waals surface area contributed by atoms with Gasteiger partial charge in [0, 0.05) is 10.6 Å². The number of carbonyl (C=O) groups excluding carboxylic acids is 1. The highest BCUT2D eigenvalue weighted by molar-refractivity contribution is 7.91. The molecule has 0 spiro atoms. The molecule has 3 aromatic heterocycles. The van der Waals surface area contributed by atoms with Gasteiger partial charge in [0.2, 0.25) is 9.84 Å². The van der Waals surface area contributed by atoms with Crippen molar-refractivity contribution in [3.05, 3.63) is 58.6 Å². The SMILES string of the molecule is Cc1ccc(-c2cc(C(=O)Nc3ccc(S(=O)(=O)C(F)F)cc3)c3c(C)noc3n2)s1. The van der Waals surface area contributed by atoms with Crippen LogP contribution >= 0.6 is 11.3 Å². The van der Waals surface area contributed by atoms with Gasteiger partial charge in [-0.25, -0.2) is 13.4 Å². The Balaban J connectivity index is 1.70. The Morgan fingerprint density at radius 1 is 1.13 bits per heavy atom. The maximum atomic E-state index is 13.0. The number of nitrogens with zero attached hydrogens (tertiary/aromatic N) is 2. The maximum absolute atomic E-state index is 13.0. The molecular formula is C20H15F2N3O4S2. The molecule has 0 saturated heterocycles. The van der Waals surface area contributed by atoms with Crippen LogP contribution in [0.3, 0.4) is 0 Å². The number of sulfone groups is 1. The van der Waals surface area contributed by atoms with Gasteiger partial charge >= 0.3 is 5.76 Å². The van der Waals surface area contributed by atoms with Crippen molar-refractivity contribution < 1.29 is 26.5 Å². The van der Waals surface area contributed by atoms with Crippen LogP contribution in [0.15, 0.2) is 51.9 Å². The van der Waals surface area contributed by atoms with Crippen LogP contribution < -0.4 is 5.32 Å². The first-order valence-corrected chi connectivity index (χ1v) is 11.3. The number of hydrogen-bond acceptors (Lipinski definition) is 7. The number of aromatic nitrogens is 2. The van der Waals surface area contributed by atoms with Gasteiger partial charge in [0.15, 0.2) is 0 Å². The number of hydrogen-bond donors (Lipinski definition) is 1. The summed E-state index contributed by atoms with van der Waals surface area (Å²) in [6.45, 7) is 3.64. The third-order valence-corrected chi connectivity index (χ3v) is 6.95. The predicted molar refractivity (Wildman–Crippen MR) is 112 cm³/mol. The summed E-state index contributed by atoms with van der Waals surface area (Å²) in [4.78, 5) is 18.9. The molecule has 11 heteroatoms. The molecule has 0 bridgehead atoms. The van der Waals surface area contributed by atoms with Crippen molar-refractivity contribution in [2.75, 3.05) is 5.32 Å². The van der Waals surface area contributed by atoms with Gasteiger partial charge in [-0.3, -0.25) is 4.79 Å². The number of aryl methyl sites for hydroxylation is 2. The van der Waals surface area contributed by atoms with Crippen LogP contribution in [0.2, 0.25) is 0 Å². The zero-order valence-electron chi connectivity index (χ0n) is 16.2. The topological polar surface area (TPSA) is 102 Å². The van der Waals surface area contributed by atoms with Crippen LogP contribution in [-0.2, 0) is 9.84 Å². The molecule has 0 radical (unpaired) electrons. The maximum Gasteiger partial charge on any atom is 0.341 e. The van der Waals surface area contributed by atoms with E-state index in [2.05, 4.69) is 15.5 Å². The number of amides is 1. The van der Waals surface area contributed by atoms with E-state index in [1.165, 1.54) is 23.5 Å². The number of pyridine rings is 1. The molecule has 0 aliphatic heterocycles. The number of nitrogens with one attached hydrogen (secondary N) is 1. The fourth-order valence-corrected chi connectivity index (χ4v) is 4.55. The Morgan fingerprint density at radius 2 is 1.84 bits per heavy atom. The Labute approximate surface area is 179 Å². The lowest BCUT2D eigenvalue weighted by Crippen LogP contribution is -2.14. The van der Waals surface area contributed by atoms with Crippen molar-refractivity contribution in [1.29, 1.82) is 0 Å². The van der Waals surface area contributed by atoms with Gasteiger partial charge < -0.3 is 9.84 Å². The molecule has 1 N–H and O–H groups in total. The van der Waals surface area contributed by atoms with Gasteiger partial charge in [0.05, 0.1) is 32.1 Å². The van der Waals surface area contributed by atoms with E-state index in [0.29, 0.717) is 16.8 Å². The smallest absolute Gasteiger partial charge is 0.335 e. The van der Waals surface area contributed by atoms with Crippen molar-refractivity contribution in [3.8, 4) is 10.6 Å². The fourth-order valence-electron chi connectivity index (χ4n) is 3.00. The first-order chi connectivity index (χ1) is 14.7. The van der Waals surface area contributed by atoms with Crippen molar-refractivity contribution in [1.82, 2.24) is 10.1 Å². The largest absolute Gasteiger partial charge is 0.341 e. The molecular weight excluding hydrogens is 448 g/mol. The van der Waals surface area contributed by atoms with Crippen LogP contribution in [0.5, 0.6) is 0 Å². The Morgan fingerprint density at radius 3 is 2.45 bits per heavy atom. The third-order valence-electron chi connectivity index (χ3n) is 4.53. The molecule has 0 unspecified atom stereocenters. The summed E-state index contributed by atoms with van der Waals surface area (Å²) in [6, 6.07) is 9.98. The highest BCUT2D eigenvalue weighted by Gasteiger charge is 2.26. The van der Waals surface area contributed by atoms with E-state index in [-0.39, 0.29) is 17.0 Å². The summed E-state index contributed by atoms with van der Waals surface area (Å²) in [7, 11) is -4.71. The molecule has 0 atom stereocenters. The average molecular weight is 463 g/mol. The molecule has 1 amide bonds. The third kappa shape index (κ3) is 3.93. The lowest BCUT2D eigenvalue weighted by Gasteiger charge is -2.09. The summed E-state index contributed by atoms with van der Waals surface area (Å²) in [5.74, 6) is -4.02. The lowest BCUT2D eigenvalue weighted by molar-refractivity contribution is 0.102. The number of halogens is 2. The van der Waals surface area contributed by atoms with Crippen molar-refractivity contribution in [3.63, 3.8) is 0 Å². The molecule has 0 aliphatic carbocycles. The second kappa shape index (κ2) is 7.82. The van der Waals surface area contributed by atoms with Crippen molar-refractivity contribution >= 4 is 43.9 Å². The minimum absolute atomic E-state index is 0.213. The molecule has 160 valence electrons. The quantitative estimate of drug-likeness (QED) is 0.455. The summed E-state index contributed by atoms with van der Waals surface area (Å²) in [5.41, 5.74) is 1.76. The van der Waals surface area contributed by atoms with E-state index in [0.717, 1.165) is 21.9 Å². The average Bonchev–Trinajstić information content (AvgIpc) is 3.33. The number of carbonyl (C=O) groups is 1. The number of alkyl halides is 2. The molecule has 0 aliphatic rings. The molecule has 7 nitrogen and oxygen atoms in total. The second-order valence-corrected chi connectivity index (χ2v) is 9.90. The van der Waals surface area contributed by atoms with Gasteiger partial charge in [-0.1, -0.05) is 5.16 Å². The van der Waals surface area contributed by atoms with Crippen LogP contribution in [0.4, 0.5) is 14.5 Å². The van der Waals surface area contributed by atoms with E-state index in [4.69, 9.17) is 4.52 Å². The number of benzene rings is 1. The first-order valence-electron chi connectivity index (χ1n) is 8.94. The van der Waals surface area contributed by atoms with Crippen molar-refractivity contribution in [2.24, 2.45) is 0 Å². The highest BCUT2D eigenvalue weighted by Crippen LogP contribution is 2.31. The van der Waals surface area contributed by atoms with E-state index < -0.39 is 26.4 Å². The molecule has 0 fully saturated rings. The fraction of sp³-hybridized carbons (Fsp3) is 0.150. The van der Waals surface area contributed by atoms with Crippen LogP contribution in [0, 0.1) is 13.8 Å². The van der Waals surface area contributed by atoms with E-state index in [1.54, 1.807) is 13.0 Å². The number of thiophene rings is 1. The lowest BCUT2D eigenvalue weighted by atomic mass is 10.1. The minimum atomic E-state index is -4.71. The highest BCUT2D eigenvalue weighted by atomic mass is 32.2. The minimum Gasteiger partial charge on any atom is -0.335 e. The Hall–Kier alpha value is -3.18. The van der Waals surface area contributed by atoms with Gasteiger partial charge in [0.1, 0.15) is 0 Å². The molecule has 31 heavy (non-hydrogen) atoms. The number of fused-ring (bicyclic) bond motifs is 1. The Kier molecular flexibility index (Phi) is 5.31. The zero-order chi connectivity index (χ0) is 22.3. The van der Waals surface area contributed by atoms with Gasteiger partial charge in [-0.15, -0.1) is 11.3 Å². The standard InChI is InChI=1S/C20H15F2N3O4S2/c1-10-3-8-16(30-10)15-9-14(17-11(2)25-29-19(17)24-15)18(26)23-12-4-6-13(7-5-12)31(27,28)20(21)22/h3-9,20H,1-2H3,(H,23,26). The summed E-state index contributed by atoms with van der Waals surface area (Å²) < 4.78 is 53.7. The van der Waals surface area contributed by atoms with Crippen LogP contribution in [0.1, 0.15) is 20.9 Å². The van der Waals surface area contributed by atoms with Gasteiger partial charge in [-0.2, -0.15) is 8.78 Å². The zero-order valence-corrected chi connectivity index (χ0v) is 17.9.